The molecule has 8 heteroatoms. The Bertz CT molecular complexity index is 352. The van der Waals surface area contributed by atoms with Crippen LogP contribution in [-0.2, 0) is 9.59 Å². The number of hydrogen-bond donors (Lipinski definition) is 2. The highest BCUT2D eigenvalue weighted by Gasteiger charge is 2.55. The van der Waals surface area contributed by atoms with E-state index in [9.17, 15) is 18.4 Å². The summed E-state index contributed by atoms with van der Waals surface area (Å²) in [6.07, 6.45) is -2.76. The molecule has 0 fully saturated rings. The highest BCUT2D eigenvalue weighted by Crippen LogP contribution is 2.33. The number of carbonyl (C=O) groups is 2. The third kappa shape index (κ3) is 1.15. The van der Waals surface area contributed by atoms with Crippen LogP contribution >= 0.6 is 0 Å². The number of azo groups is 1. The molecular formula is C6H5F2N3O3. The second-order valence-corrected chi connectivity index (χ2v) is 2.49. The summed E-state index contributed by atoms with van der Waals surface area (Å²) in [5.74, 6) is -3.24. The fraction of sp³-hybridized carbons (Fsp3) is 0.333. The fourth-order valence-electron chi connectivity index (χ4n) is 0.999. The summed E-state index contributed by atoms with van der Waals surface area (Å²) in [4.78, 5) is 21.3. The van der Waals surface area contributed by atoms with Gasteiger partial charge in [-0.15, -0.1) is 0 Å². The first kappa shape index (κ1) is 10.2. The van der Waals surface area contributed by atoms with Crippen molar-refractivity contribution in [1.82, 2.24) is 0 Å². The Kier molecular flexibility index (Phi) is 2.28. The van der Waals surface area contributed by atoms with Gasteiger partial charge in [-0.1, -0.05) is 0 Å². The molecule has 6 nitrogen and oxygen atoms in total. The zero-order valence-corrected chi connectivity index (χ0v) is 6.65. The van der Waals surface area contributed by atoms with E-state index >= 15 is 0 Å². The molecule has 1 aliphatic heterocycles. The normalized spacial score (nSPS) is 25.2. The SMILES string of the molecule is NC(=O)C1(C(F)F)N=NC=C1C(=O)O. The number of aliphatic carboxylic acids is 1. The van der Waals surface area contributed by atoms with Crippen LogP contribution in [0.1, 0.15) is 0 Å². The van der Waals surface area contributed by atoms with Gasteiger partial charge in [0.05, 0.1) is 6.20 Å². The van der Waals surface area contributed by atoms with Crippen LogP contribution in [0.25, 0.3) is 0 Å². The lowest BCUT2D eigenvalue weighted by molar-refractivity contribution is -0.138. The first-order valence-corrected chi connectivity index (χ1v) is 3.37. The van der Waals surface area contributed by atoms with Crippen molar-refractivity contribution in [3.63, 3.8) is 0 Å². The Labute approximate surface area is 76.1 Å². The number of primary amides is 1. The molecular weight excluding hydrogens is 200 g/mol. The van der Waals surface area contributed by atoms with Crippen molar-refractivity contribution in [2.24, 2.45) is 16.0 Å². The summed E-state index contributed by atoms with van der Waals surface area (Å²) in [6.45, 7) is 0. The van der Waals surface area contributed by atoms with Gasteiger partial charge in [-0.05, 0) is 0 Å². The van der Waals surface area contributed by atoms with Crippen LogP contribution in [0.2, 0.25) is 0 Å². The second kappa shape index (κ2) is 3.13. The van der Waals surface area contributed by atoms with Crippen LogP contribution in [0, 0.1) is 0 Å². The van der Waals surface area contributed by atoms with Gasteiger partial charge in [0.1, 0.15) is 5.57 Å². The summed E-state index contributed by atoms with van der Waals surface area (Å²) < 4.78 is 25.0. The predicted octanol–water partition coefficient (Wildman–Crippen LogP) is -0.0901. The van der Waals surface area contributed by atoms with E-state index in [0.29, 0.717) is 6.20 Å². The van der Waals surface area contributed by atoms with Crippen LogP contribution in [0.4, 0.5) is 8.78 Å². The molecule has 0 radical (unpaired) electrons. The van der Waals surface area contributed by atoms with E-state index in [1.165, 1.54) is 0 Å². The van der Waals surface area contributed by atoms with Crippen molar-refractivity contribution in [3.8, 4) is 0 Å². The average Bonchev–Trinajstić information content (AvgIpc) is 2.47. The van der Waals surface area contributed by atoms with Crippen molar-refractivity contribution in [3.05, 3.63) is 11.8 Å². The molecule has 14 heavy (non-hydrogen) atoms. The highest BCUT2D eigenvalue weighted by atomic mass is 19.3. The van der Waals surface area contributed by atoms with E-state index < -0.39 is 29.4 Å². The Hall–Kier alpha value is -1.86. The molecule has 3 N–H and O–H groups in total. The highest BCUT2D eigenvalue weighted by molar-refractivity contribution is 6.02. The maximum Gasteiger partial charge on any atom is 0.336 e. The van der Waals surface area contributed by atoms with Gasteiger partial charge >= 0.3 is 5.97 Å². The predicted molar refractivity (Wildman–Crippen MR) is 38.5 cm³/mol. The monoisotopic (exact) mass is 205 g/mol. The maximum atomic E-state index is 12.5. The molecule has 76 valence electrons. The molecule has 1 heterocycles. The zero-order valence-electron chi connectivity index (χ0n) is 6.65. The third-order valence-electron chi connectivity index (χ3n) is 1.73. The lowest BCUT2D eigenvalue weighted by atomic mass is 9.91. The van der Waals surface area contributed by atoms with Gasteiger partial charge in [-0.25, -0.2) is 13.6 Å². The number of amides is 1. The van der Waals surface area contributed by atoms with Crippen LogP contribution in [0.15, 0.2) is 22.0 Å². The van der Waals surface area contributed by atoms with Crippen molar-refractivity contribution >= 4 is 11.9 Å². The Balaban J connectivity index is 3.25. The zero-order chi connectivity index (χ0) is 10.9. The van der Waals surface area contributed by atoms with E-state index in [1.54, 1.807) is 0 Å². The number of nitrogens with two attached hydrogens (primary N) is 1. The lowest BCUT2D eigenvalue weighted by Crippen LogP contribution is -2.50. The van der Waals surface area contributed by atoms with Crippen LogP contribution < -0.4 is 5.73 Å². The number of carboxylic acid groups (broad SMARTS) is 1. The number of alkyl halides is 2. The summed E-state index contributed by atoms with van der Waals surface area (Å²) in [7, 11) is 0. The van der Waals surface area contributed by atoms with E-state index in [-0.39, 0.29) is 0 Å². The minimum atomic E-state index is -3.34. The van der Waals surface area contributed by atoms with Gasteiger partial charge in [0, 0.05) is 0 Å². The number of carboxylic acids is 1. The maximum absolute atomic E-state index is 12.5. The van der Waals surface area contributed by atoms with Gasteiger partial charge in [0.2, 0.25) is 0 Å². The molecule has 0 saturated heterocycles. The number of halogens is 2. The third-order valence-corrected chi connectivity index (χ3v) is 1.73. The fourth-order valence-corrected chi connectivity index (χ4v) is 0.999. The Morgan fingerprint density at radius 2 is 2.14 bits per heavy atom. The molecule has 0 aromatic rings. The molecule has 1 amide bonds. The average molecular weight is 205 g/mol. The molecule has 0 spiro atoms. The molecule has 0 bridgehead atoms. The molecule has 1 unspecified atom stereocenters. The molecule has 0 aromatic carbocycles. The van der Waals surface area contributed by atoms with Gasteiger partial charge in [-0.2, -0.15) is 10.2 Å². The molecule has 0 aliphatic carbocycles. The minimum Gasteiger partial charge on any atom is -0.478 e. The summed E-state index contributed by atoms with van der Waals surface area (Å²) >= 11 is 0. The molecule has 1 aliphatic rings. The van der Waals surface area contributed by atoms with Crippen molar-refractivity contribution in [1.29, 1.82) is 0 Å². The quantitative estimate of drug-likeness (QED) is 0.672. The lowest BCUT2D eigenvalue weighted by Gasteiger charge is -2.20. The molecule has 0 saturated carbocycles. The first-order chi connectivity index (χ1) is 6.43. The summed E-state index contributed by atoms with van der Waals surface area (Å²) in [5, 5.41) is 14.4. The largest absolute Gasteiger partial charge is 0.478 e. The molecule has 1 rings (SSSR count). The van der Waals surface area contributed by atoms with Gasteiger partial charge in [0.15, 0.2) is 0 Å². The smallest absolute Gasteiger partial charge is 0.336 e. The molecule has 1 atom stereocenters. The number of rotatable bonds is 3. The van der Waals surface area contributed by atoms with Gasteiger partial charge in [-0.3, -0.25) is 4.79 Å². The number of carbonyl (C=O) groups excluding carboxylic acids is 1. The van der Waals surface area contributed by atoms with Crippen LogP contribution in [-0.4, -0.2) is 28.9 Å². The molecule has 0 aromatic heterocycles. The Morgan fingerprint density at radius 1 is 1.57 bits per heavy atom. The topological polar surface area (TPSA) is 105 Å². The van der Waals surface area contributed by atoms with Gasteiger partial charge < -0.3 is 10.8 Å². The van der Waals surface area contributed by atoms with Crippen LogP contribution in [0.3, 0.4) is 0 Å². The van der Waals surface area contributed by atoms with Crippen molar-refractivity contribution < 1.29 is 23.5 Å². The van der Waals surface area contributed by atoms with Crippen molar-refractivity contribution in [2.45, 2.75) is 12.0 Å². The van der Waals surface area contributed by atoms with E-state index in [0.717, 1.165) is 0 Å². The summed E-state index contributed by atoms with van der Waals surface area (Å²) in [5.41, 5.74) is 0.927. The van der Waals surface area contributed by atoms with E-state index in [2.05, 4.69) is 16.0 Å². The van der Waals surface area contributed by atoms with E-state index in [1.807, 2.05) is 0 Å². The Morgan fingerprint density at radius 3 is 2.43 bits per heavy atom. The number of nitrogens with zero attached hydrogens (tertiary/aromatic N) is 2. The second-order valence-electron chi connectivity index (χ2n) is 2.49. The van der Waals surface area contributed by atoms with Crippen LogP contribution in [0.5, 0.6) is 0 Å². The van der Waals surface area contributed by atoms with Gasteiger partial charge in [0.25, 0.3) is 17.9 Å². The summed E-state index contributed by atoms with van der Waals surface area (Å²) in [6, 6.07) is 0. The number of hydrogen-bond acceptors (Lipinski definition) is 4. The van der Waals surface area contributed by atoms with Crippen molar-refractivity contribution in [2.75, 3.05) is 0 Å². The first-order valence-electron chi connectivity index (χ1n) is 3.37. The minimum absolute atomic E-state index is 0.583. The van der Waals surface area contributed by atoms with E-state index in [4.69, 9.17) is 5.11 Å². The standard InChI is InChI=1S/C6H5F2N3O3/c7-4(8)6(5(9)14)2(3(12)13)1-10-11-6/h1,4H,(H2,9,14)(H,12,13).